The molecule has 0 radical (unpaired) electrons. The van der Waals surface area contributed by atoms with Crippen LogP contribution < -0.4 is 5.43 Å². The standard InChI is InChI=1S/C9H14N2O6/c12-7(13)4-5(8(14)15)10-11-3-1-2-6(11)9(16)17/h5-6,10H,1-4H2,(H,12,13)(H,14,15)(H,16,17)/t5-,6-/m0/s1. The lowest BCUT2D eigenvalue weighted by atomic mass is 10.2. The van der Waals surface area contributed by atoms with Crippen LogP contribution in [0.5, 0.6) is 0 Å². The van der Waals surface area contributed by atoms with Crippen LogP contribution in [0.25, 0.3) is 0 Å². The third-order valence-electron chi connectivity index (χ3n) is 2.54. The van der Waals surface area contributed by atoms with Crippen molar-refractivity contribution in [3.8, 4) is 0 Å². The summed E-state index contributed by atoms with van der Waals surface area (Å²) in [6.07, 6.45) is 0.448. The van der Waals surface area contributed by atoms with Crippen LogP contribution in [0.4, 0.5) is 0 Å². The maximum absolute atomic E-state index is 10.8. The SMILES string of the molecule is O=C(O)C[C@H](NN1CCC[C@H]1C(=O)O)C(=O)O. The molecule has 0 unspecified atom stereocenters. The number of hydrazine groups is 1. The van der Waals surface area contributed by atoms with Crippen molar-refractivity contribution in [1.82, 2.24) is 10.4 Å². The van der Waals surface area contributed by atoms with E-state index < -0.39 is 36.4 Å². The molecule has 0 bridgehead atoms. The molecule has 0 spiro atoms. The molecule has 0 aliphatic carbocycles. The van der Waals surface area contributed by atoms with Crippen molar-refractivity contribution in [2.75, 3.05) is 6.54 Å². The molecule has 0 aromatic heterocycles. The van der Waals surface area contributed by atoms with E-state index >= 15 is 0 Å². The van der Waals surface area contributed by atoms with Gasteiger partial charge in [-0.25, -0.2) is 10.4 Å². The smallest absolute Gasteiger partial charge is 0.322 e. The van der Waals surface area contributed by atoms with Crippen molar-refractivity contribution in [1.29, 1.82) is 0 Å². The minimum atomic E-state index is -1.32. The summed E-state index contributed by atoms with van der Waals surface area (Å²) in [5.74, 6) is -3.62. The van der Waals surface area contributed by atoms with E-state index in [0.29, 0.717) is 19.4 Å². The van der Waals surface area contributed by atoms with E-state index in [1.807, 2.05) is 0 Å². The largest absolute Gasteiger partial charge is 0.481 e. The number of carbonyl (C=O) groups is 3. The zero-order valence-corrected chi connectivity index (χ0v) is 9.00. The van der Waals surface area contributed by atoms with Crippen LogP contribution in [0.2, 0.25) is 0 Å². The molecule has 0 aromatic carbocycles. The fraction of sp³-hybridized carbons (Fsp3) is 0.667. The van der Waals surface area contributed by atoms with Gasteiger partial charge in [0.05, 0.1) is 6.42 Å². The van der Waals surface area contributed by atoms with E-state index in [1.54, 1.807) is 0 Å². The highest BCUT2D eigenvalue weighted by Gasteiger charge is 2.34. The summed E-state index contributed by atoms with van der Waals surface area (Å²) in [6.45, 7) is 0.389. The van der Waals surface area contributed by atoms with Crippen molar-refractivity contribution in [2.45, 2.75) is 31.3 Å². The van der Waals surface area contributed by atoms with Gasteiger partial charge in [0, 0.05) is 6.54 Å². The maximum Gasteiger partial charge on any atom is 0.322 e. The molecule has 0 amide bonds. The Kier molecular flexibility index (Phi) is 4.41. The number of nitrogens with zero attached hydrogens (tertiary/aromatic N) is 1. The van der Waals surface area contributed by atoms with Gasteiger partial charge >= 0.3 is 17.9 Å². The average molecular weight is 246 g/mol. The van der Waals surface area contributed by atoms with Gasteiger partial charge in [-0.3, -0.25) is 14.4 Å². The van der Waals surface area contributed by atoms with E-state index in [2.05, 4.69) is 5.43 Å². The second-order valence-electron chi connectivity index (χ2n) is 3.81. The summed E-state index contributed by atoms with van der Waals surface area (Å²) in [7, 11) is 0. The Morgan fingerprint density at radius 2 is 1.94 bits per heavy atom. The van der Waals surface area contributed by atoms with Crippen LogP contribution in [-0.2, 0) is 14.4 Å². The summed E-state index contributed by atoms with van der Waals surface area (Å²) >= 11 is 0. The molecule has 1 fully saturated rings. The Bertz CT molecular complexity index is 331. The molecule has 1 rings (SSSR count). The lowest BCUT2D eigenvalue weighted by Crippen LogP contribution is -2.53. The number of carboxylic acid groups (broad SMARTS) is 3. The minimum Gasteiger partial charge on any atom is -0.481 e. The lowest BCUT2D eigenvalue weighted by Gasteiger charge is -2.25. The molecule has 0 aromatic rings. The number of hydrogen-bond donors (Lipinski definition) is 4. The van der Waals surface area contributed by atoms with E-state index in [9.17, 15) is 14.4 Å². The molecule has 1 heterocycles. The van der Waals surface area contributed by atoms with Crippen molar-refractivity contribution >= 4 is 17.9 Å². The molecular formula is C9H14N2O6. The van der Waals surface area contributed by atoms with E-state index in [-0.39, 0.29) is 0 Å². The number of rotatable bonds is 6. The van der Waals surface area contributed by atoms with Gasteiger partial charge in [0.15, 0.2) is 0 Å². The van der Waals surface area contributed by atoms with Crippen molar-refractivity contribution in [3.63, 3.8) is 0 Å². The maximum atomic E-state index is 10.8. The molecule has 8 heteroatoms. The molecule has 1 aliphatic rings. The number of nitrogens with one attached hydrogen (secondary N) is 1. The fourth-order valence-corrected chi connectivity index (χ4v) is 1.74. The summed E-state index contributed by atoms with van der Waals surface area (Å²) < 4.78 is 0. The van der Waals surface area contributed by atoms with Crippen LogP contribution in [0.15, 0.2) is 0 Å². The predicted molar refractivity (Wildman–Crippen MR) is 54.2 cm³/mol. The highest BCUT2D eigenvalue weighted by molar-refractivity contribution is 5.80. The molecular weight excluding hydrogens is 232 g/mol. The normalized spacial score (nSPS) is 22.2. The average Bonchev–Trinajstić information content (AvgIpc) is 2.63. The Balaban J connectivity index is 2.63. The van der Waals surface area contributed by atoms with E-state index in [4.69, 9.17) is 15.3 Å². The van der Waals surface area contributed by atoms with Gasteiger partial charge in [0.25, 0.3) is 0 Å². The number of hydrogen-bond acceptors (Lipinski definition) is 5. The van der Waals surface area contributed by atoms with Crippen molar-refractivity contribution in [3.05, 3.63) is 0 Å². The molecule has 8 nitrogen and oxygen atoms in total. The summed E-state index contributed by atoms with van der Waals surface area (Å²) in [5.41, 5.74) is 2.45. The van der Waals surface area contributed by atoms with Crippen LogP contribution in [0.1, 0.15) is 19.3 Å². The van der Waals surface area contributed by atoms with Crippen LogP contribution in [0.3, 0.4) is 0 Å². The van der Waals surface area contributed by atoms with Gasteiger partial charge in [-0.2, -0.15) is 0 Å². The van der Waals surface area contributed by atoms with Gasteiger partial charge in [-0.1, -0.05) is 0 Å². The molecule has 4 N–H and O–H groups in total. The first kappa shape index (κ1) is 13.4. The first-order valence-electron chi connectivity index (χ1n) is 5.12. The highest BCUT2D eigenvalue weighted by atomic mass is 16.4. The third kappa shape index (κ3) is 3.68. The quantitative estimate of drug-likeness (QED) is 0.468. The van der Waals surface area contributed by atoms with E-state index in [0.717, 1.165) is 0 Å². The first-order chi connectivity index (χ1) is 7.91. The van der Waals surface area contributed by atoms with Gasteiger partial charge in [-0.05, 0) is 12.8 Å². The van der Waals surface area contributed by atoms with Crippen molar-refractivity contribution in [2.24, 2.45) is 0 Å². The highest BCUT2D eigenvalue weighted by Crippen LogP contribution is 2.15. The fourth-order valence-electron chi connectivity index (χ4n) is 1.74. The first-order valence-corrected chi connectivity index (χ1v) is 5.12. The van der Waals surface area contributed by atoms with Crippen molar-refractivity contribution < 1.29 is 29.7 Å². The summed E-state index contributed by atoms with van der Waals surface area (Å²) in [5, 5.41) is 27.5. The van der Waals surface area contributed by atoms with Gasteiger partial charge in [-0.15, -0.1) is 0 Å². The second-order valence-corrected chi connectivity index (χ2v) is 3.81. The monoisotopic (exact) mass is 246 g/mol. The Morgan fingerprint density at radius 1 is 1.29 bits per heavy atom. The topological polar surface area (TPSA) is 127 Å². The van der Waals surface area contributed by atoms with Crippen LogP contribution >= 0.6 is 0 Å². The van der Waals surface area contributed by atoms with Gasteiger partial charge < -0.3 is 15.3 Å². The minimum absolute atomic E-state index is 0.389. The molecule has 1 aliphatic heterocycles. The predicted octanol–water partition coefficient (Wildman–Crippen LogP) is -1.03. The molecule has 0 saturated carbocycles. The zero-order chi connectivity index (χ0) is 13.0. The van der Waals surface area contributed by atoms with Crippen LogP contribution in [0, 0.1) is 0 Å². The Hall–Kier alpha value is -1.67. The zero-order valence-electron chi connectivity index (χ0n) is 9.00. The lowest BCUT2D eigenvalue weighted by molar-refractivity contribution is -0.150. The van der Waals surface area contributed by atoms with Gasteiger partial charge in [0.1, 0.15) is 12.1 Å². The second kappa shape index (κ2) is 5.60. The molecule has 96 valence electrons. The molecule has 17 heavy (non-hydrogen) atoms. The summed E-state index contributed by atoms with van der Waals surface area (Å²) in [4.78, 5) is 32.1. The Morgan fingerprint density at radius 3 is 2.41 bits per heavy atom. The number of carboxylic acids is 3. The Labute approximate surface area is 96.8 Å². The van der Waals surface area contributed by atoms with Crippen LogP contribution in [-0.4, -0.2) is 56.9 Å². The molecule has 2 atom stereocenters. The summed E-state index contributed by atoms with van der Waals surface area (Å²) in [6, 6.07) is -2.11. The van der Waals surface area contributed by atoms with E-state index in [1.165, 1.54) is 5.01 Å². The van der Waals surface area contributed by atoms with Gasteiger partial charge in [0.2, 0.25) is 0 Å². The third-order valence-corrected chi connectivity index (χ3v) is 2.54. The number of aliphatic carboxylic acids is 3. The molecule has 1 saturated heterocycles.